The lowest BCUT2D eigenvalue weighted by molar-refractivity contribution is -0.137. The van der Waals surface area contributed by atoms with Crippen LogP contribution >= 0.6 is 0 Å². The summed E-state index contributed by atoms with van der Waals surface area (Å²) in [4.78, 5) is 10.5. The smallest absolute Gasteiger partial charge is 0.303 e. The van der Waals surface area contributed by atoms with Crippen LogP contribution in [0.5, 0.6) is 11.5 Å². The number of rotatable bonds is 5. The van der Waals surface area contributed by atoms with Crippen LogP contribution in [-0.2, 0) is 11.2 Å². The van der Waals surface area contributed by atoms with Crippen LogP contribution in [0.1, 0.15) is 39.2 Å². The molecule has 1 aromatic rings. The van der Waals surface area contributed by atoms with Crippen LogP contribution in [0.2, 0.25) is 0 Å². The van der Waals surface area contributed by atoms with E-state index in [1.807, 2.05) is 39.0 Å². The molecule has 1 aliphatic rings. The Kier molecular flexibility index (Phi) is 3.69. The molecule has 1 aromatic carbocycles. The molecule has 1 aliphatic heterocycles. The fourth-order valence-electron chi connectivity index (χ4n) is 2.28. The van der Waals surface area contributed by atoms with E-state index in [0.717, 1.165) is 17.7 Å². The summed E-state index contributed by atoms with van der Waals surface area (Å²) in [7, 11) is 0. The Balaban J connectivity index is 2.07. The molecule has 0 radical (unpaired) electrons. The zero-order chi connectivity index (χ0) is 14.0. The summed E-state index contributed by atoms with van der Waals surface area (Å²) in [5.74, 6) is 0.710. The van der Waals surface area contributed by atoms with Crippen molar-refractivity contribution in [3.63, 3.8) is 0 Å². The molecular weight excluding hydrogens is 244 g/mol. The average molecular weight is 264 g/mol. The fraction of sp³-hybridized carbons (Fsp3) is 0.533. The van der Waals surface area contributed by atoms with Gasteiger partial charge < -0.3 is 14.6 Å². The van der Waals surface area contributed by atoms with Crippen molar-refractivity contribution in [2.45, 2.75) is 51.7 Å². The topological polar surface area (TPSA) is 55.8 Å². The van der Waals surface area contributed by atoms with Gasteiger partial charge in [0.1, 0.15) is 5.60 Å². The zero-order valence-electron chi connectivity index (χ0n) is 11.6. The maximum Gasteiger partial charge on any atom is 0.303 e. The molecule has 1 N–H and O–H groups in total. The van der Waals surface area contributed by atoms with E-state index in [1.165, 1.54) is 0 Å². The second-order valence-corrected chi connectivity index (χ2v) is 5.64. The Morgan fingerprint density at radius 2 is 2.26 bits per heavy atom. The van der Waals surface area contributed by atoms with Crippen molar-refractivity contribution in [2.24, 2.45) is 0 Å². The number of benzene rings is 1. The van der Waals surface area contributed by atoms with Crippen molar-refractivity contribution in [3.05, 3.63) is 23.8 Å². The molecule has 0 bridgehead atoms. The lowest BCUT2D eigenvalue weighted by atomic mass is 10.0. The first kappa shape index (κ1) is 13.7. The third-order valence-corrected chi connectivity index (χ3v) is 3.15. The monoisotopic (exact) mass is 264 g/mol. The standard InChI is InChI=1S/C15H20O4/c1-10(7-8-13(16)17)18-12-6-4-5-11-9-15(2,3)19-14(11)12/h4-6,10H,7-9H2,1-3H3,(H,16,17). The Labute approximate surface area is 113 Å². The van der Waals surface area contributed by atoms with Gasteiger partial charge >= 0.3 is 5.97 Å². The Hall–Kier alpha value is -1.71. The Bertz CT molecular complexity index is 479. The minimum absolute atomic E-state index is 0.114. The fourth-order valence-corrected chi connectivity index (χ4v) is 2.28. The van der Waals surface area contributed by atoms with Gasteiger partial charge in [0.15, 0.2) is 11.5 Å². The van der Waals surface area contributed by atoms with E-state index in [9.17, 15) is 4.79 Å². The van der Waals surface area contributed by atoms with Crippen LogP contribution in [-0.4, -0.2) is 22.8 Å². The first-order valence-electron chi connectivity index (χ1n) is 6.57. The van der Waals surface area contributed by atoms with Crippen LogP contribution in [0, 0.1) is 0 Å². The van der Waals surface area contributed by atoms with E-state index < -0.39 is 5.97 Å². The largest absolute Gasteiger partial charge is 0.487 e. The maximum absolute atomic E-state index is 10.5. The molecule has 0 amide bonds. The van der Waals surface area contributed by atoms with Gasteiger partial charge in [-0.2, -0.15) is 0 Å². The summed E-state index contributed by atoms with van der Waals surface area (Å²) in [6.07, 6.45) is 1.32. The molecular formula is C15H20O4. The van der Waals surface area contributed by atoms with Crippen LogP contribution in [0.3, 0.4) is 0 Å². The predicted molar refractivity (Wildman–Crippen MR) is 71.8 cm³/mol. The third-order valence-electron chi connectivity index (χ3n) is 3.15. The lowest BCUT2D eigenvalue weighted by Gasteiger charge is -2.20. The molecule has 1 unspecified atom stereocenters. The molecule has 0 fully saturated rings. The van der Waals surface area contributed by atoms with Gasteiger partial charge in [-0.05, 0) is 33.3 Å². The predicted octanol–water partition coefficient (Wildman–Crippen LogP) is 3.03. The summed E-state index contributed by atoms with van der Waals surface area (Å²) in [6, 6.07) is 5.86. The van der Waals surface area contributed by atoms with Crippen molar-refractivity contribution < 1.29 is 19.4 Å². The van der Waals surface area contributed by atoms with Crippen molar-refractivity contribution in [2.75, 3.05) is 0 Å². The molecule has 1 heterocycles. The van der Waals surface area contributed by atoms with Gasteiger partial charge in [0.2, 0.25) is 0 Å². The highest BCUT2D eigenvalue weighted by Crippen LogP contribution is 2.42. The normalized spacial score (nSPS) is 17.4. The minimum atomic E-state index is -0.800. The molecule has 0 aromatic heterocycles. The van der Waals surface area contributed by atoms with Gasteiger partial charge in [0.25, 0.3) is 0 Å². The number of carboxylic acid groups (broad SMARTS) is 1. The molecule has 0 aliphatic carbocycles. The van der Waals surface area contributed by atoms with Crippen LogP contribution in [0.25, 0.3) is 0 Å². The summed E-state index contributed by atoms with van der Waals surface area (Å²) in [5.41, 5.74) is 0.944. The summed E-state index contributed by atoms with van der Waals surface area (Å²) >= 11 is 0. The van der Waals surface area contributed by atoms with Gasteiger partial charge in [-0.25, -0.2) is 0 Å². The van der Waals surface area contributed by atoms with Crippen molar-refractivity contribution in [1.29, 1.82) is 0 Å². The number of hydrogen-bond acceptors (Lipinski definition) is 3. The maximum atomic E-state index is 10.5. The van der Waals surface area contributed by atoms with Gasteiger partial charge in [-0.15, -0.1) is 0 Å². The van der Waals surface area contributed by atoms with E-state index >= 15 is 0 Å². The van der Waals surface area contributed by atoms with Gasteiger partial charge in [-0.1, -0.05) is 12.1 Å². The highest BCUT2D eigenvalue weighted by Gasteiger charge is 2.32. The molecule has 1 atom stereocenters. The number of fused-ring (bicyclic) bond motifs is 1. The second kappa shape index (κ2) is 5.11. The molecule has 19 heavy (non-hydrogen) atoms. The molecule has 104 valence electrons. The van der Waals surface area contributed by atoms with Crippen LogP contribution < -0.4 is 9.47 Å². The van der Waals surface area contributed by atoms with Gasteiger partial charge in [0.05, 0.1) is 6.10 Å². The first-order valence-corrected chi connectivity index (χ1v) is 6.57. The summed E-state index contributed by atoms with van der Waals surface area (Å²) in [5, 5.41) is 8.67. The zero-order valence-corrected chi connectivity index (χ0v) is 11.6. The molecule has 0 spiro atoms. The van der Waals surface area contributed by atoms with Crippen molar-refractivity contribution in [3.8, 4) is 11.5 Å². The molecule has 2 rings (SSSR count). The second-order valence-electron chi connectivity index (χ2n) is 5.64. The first-order chi connectivity index (χ1) is 8.87. The van der Waals surface area contributed by atoms with Crippen molar-refractivity contribution in [1.82, 2.24) is 0 Å². The number of ether oxygens (including phenoxy) is 2. The summed E-state index contributed by atoms with van der Waals surface area (Å²) in [6.45, 7) is 5.97. The SMILES string of the molecule is CC(CCC(=O)O)Oc1cccc2c1OC(C)(C)C2. The van der Waals surface area contributed by atoms with Gasteiger partial charge in [0, 0.05) is 18.4 Å². The molecule has 4 nitrogen and oxygen atoms in total. The van der Waals surface area contributed by atoms with E-state index in [0.29, 0.717) is 12.2 Å². The van der Waals surface area contributed by atoms with Gasteiger partial charge in [-0.3, -0.25) is 4.79 Å². The van der Waals surface area contributed by atoms with Crippen LogP contribution in [0.4, 0.5) is 0 Å². The average Bonchev–Trinajstić information content (AvgIpc) is 2.62. The number of hydrogen-bond donors (Lipinski definition) is 1. The lowest BCUT2D eigenvalue weighted by Crippen LogP contribution is -2.25. The number of carbonyl (C=O) groups is 1. The van der Waals surface area contributed by atoms with E-state index in [4.69, 9.17) is 14.6 Å². The van der Waals surface area contributed by atoms with E-state index in [1.54, 1.807) is 0 Å². The third kappa shape index (κ3) is 3.40. The minimum Gasteiger partial charge on any atom is -0.487 e. The summed E-state index contributed by atoms with van der Waals surface area (Å²) < 4.78 is 11.7. The Morgan fingerprint density at radius 3 is 2.95 bits per heavy atom. The molecule has 0 saturated carbocycles. The Morgan fingerprint density at radius 1 is 1.53 bits per heavy atom. The van der Waals surface area contributed by atoms with E-state index in [-0.39, 0.29) is 18.1 Å². The van der Waals surface area contributed by atoms with Crippen molar-refractivity contribution >= 4 is 5.97 Å². The van der Waals surface area contributed by atoms with Crippen LogP contribution in [0.15, 0.2) is 18.2 Å². The molecule has 0 saturated heterocycles. The number of carboxylic acids is 1. The van der Waals surface area contributed by atoms with E-state index in [2.05, 4.69) is 0 Å². The molecule has 4 heteroatoms. The highest BCUT2D eigenvalue weighted by atomic mass is 16.5. The number of para-hydroxylation sites is 1. The quantitative estimate of drug-likeness (QED) is 0.888. The highest BCUT2D eigenvalue weighted by molar-refractivity contribution is 5.66. The number of aliphatic carboxylic acids is 1.